The van der Waals surface area contributed by atoms with Gasteiger partial charge < -0.3 is 10.1 Å². The number of nitrogens with zero attached hydrogens (tertiary/aromatic N) is 1. The van der Waals surface area contributed by atoms with Crippen LogP contribution in [-0.2, 0) is 17.8 Å². The van der Waals surface area contributed by atoms with Crippen LogP contribution in [0.1, 0.15) is 36.5 Å². The van der Waals surface area contributed by atoms with Gasteiger partial charge in [0.1, 0.15) is 12.4 Å². The minimum Gasteiger partial charge on any atom is -0.492 e. The summed E-state index contributed by atoms with van der Waals surface area (Å²) in [6.45, 7) is 8.23. The molecule has 4 nitrogen and oxygen atoms in total. The highest BCUT2D eigenvalue weighted by Crippen LogP contribution is 2.19. The van der Waals surface area contributed by atoms with Crippen LogP contribution < -0.4 is 10.1 Å². The molecular weight excluding hydrogens is 348 g/mol. The third-order valence-electron chi connectivity index (χ3n) is 5.49. The van der Waals surface area contributed by atoms with E-state index < -0.39 is 0 Å². The molecule has 0 spiro atoms. The van der Waals surface area contributed by atoms with Crippen molar-refractivity contribution in [3.63, 3.8) is 0 Å². The predicted molar refractivity (Wildman–Crippen MR) is 114 cm³/mol. The number of carbonyl (C=O) groups excluding carboxylic acids is 1. The normalized spacial score (nSPS) is 15.4. The number of hydrogen-bond acceptors (Lipinski definition) is 3. The summed E-state index contributed by atoms with van der Waals surface area (Å²) in [6, 6.07) is 16.9. The van der Waals surface area contributed by atoms with Gasteiger partial charge in [0.15, 0.2) is 0 Å². The van der Waals surface area contributed by atoms with Crippen LogP contribution in [0.25, 0.3) is 0 Å². The van der Waals surface area contributed by atoms with Gasteiger partial charge in [-0.15, -0.1) is 0 Å². The number of ether oxygens (including phenoxy) is 1. The maximum atomic E-state index is 12.4. The molecule has 1 amide bonds. The maximum absolute atomic E-state index is 12.4. The third kappa shape index (κ3) is 6.10. The Kier molecular flexibility index (Phi) is 7.49. The standard InChI is InChI=1S/C24H32N2O2/c1-3-20-8-10-23(11-9-20)28-17-14-25-24(27)22-12-15-26(16-13-22)18-21-6-4-19(2)5-7-21/h4-11,22H,3,12-18H2,1-2H3,(H,25,27). The fraction of sp³-hybridized carbons (Fsp3) is 0.458. The molecule has 4 heteroatoms. The lowest BCUT2D eigenvalue weighted by molar-refractivity contribution is -0.126. The Morgan fingerprint density at radius 2 is 1.68 bits per heavy atom. The number of carbonyl (C=O) groups is 1. The van der Waals surface area contributed by atoms with Crippen molar-refractivity contribution in [1.29, 1.82) is 0 Å². The molecule has 1 heterocycles. The molecule has 28 heavy (non-hydrogen) atoms. The Balaban J connectivity index is 1.32. The minimum atomic E-state index is 0.123. The minimum absolute atomic E-state index is 0.123. The van der Waals surface area contributed by atoms with Gasteiger partial charge in [-0.2, -0.15) is 0 Å². The Morgan fingerprint density at radius 1 is 1.04 bits per heavy atom. The zero-order valence-corrected chi connectivity index (χ0v) is 17.1. The van der Waals surface area contributed by atoms with E-state index in [4.69, 9.17) is 4.74 Å². The van der Waals surface area contributed by atoms with Gasteiger partial charge in [0.2, 0.25) is 5.91 Å². The Hall–Kier alpha value is -2.33. The van der Waals surface area contributed by atoms with Gasteiger partial charge in [0.05, 0.1) is 6.54 Å². The number of hydrogen-bond donors (Lipinski definition) is 1. The van der Waals surface area contributed by atoms with Gasteiger partial charge in [-0.3, -0.25) is 9.69 Å². The van der Waals surface area contributed by atoms with Crippen LogP contribution in [0.4, 0.5) is 0 Å². The Labute approximate surface area is 168 Å². The summed E-state index contributed by atoms with van der Waals surface area (Å²) in [5, 5.41) is 3.03. The van der Waals surface area contributed by atoms with Crippen LogP contribution in [-0.4, -0.2) is 37.0 Å². The number of piperidine rings is 1. The van der Waals surface area contributed by atoms with Crippen molar-refractivity contribution in [2.75, 3.05) is 26.2 Å². The second kappa shape index (κ2) is 10.3. The fourth-order valence-electron chi connectivity index (χ4n) is 3.61. The van der Waals surface area contributed by atoms with E-state index in [1.54, 1.807) is 0 Å². The molecule has 2 aromatic rings. The highest BCUT2D eigenvalue weighted by molar-refractivity contribution is 5.78. The predicted octanol–water partition coefficient (Wildman–Crippen LogP) is 3.96. The van der Waals surface area contributed by atoms with E-state index in [0.29, 0.717) is 13.2 Å². The lowest BCUT2D eigenvalue weighted by Crippen LogP contribution is -2.41. The van der Waals surface area contributed by atoms with Crippen molar-refractivity contribution in [3.8, 4) is 5.75 Å². The summed E-state index contributed by atoms with van der Waals surface area (Å²) in [4.78, 5) is 14.9. The van der Waals surface area contributed by atoms with Crippen molar-refractivity contribution < 1.29 is 9.53 Å². The van der Waals surface area contributed by atoms with Gasteiger partial charge >= 0.3 is 0 Å². The summed E-state index contributed by atoms with van der Waals surface area (Å²) in [5.41, 5.74) is 3.94. The van der Waals surface area contributed by atoms with Gasteiger partial charge in [0, 0.05) is 12.5 Å². The van der Waals surface area contributed by atoms with Crippen LogP contribution in [0.2, 0.25) is 0 Å². The maximum Gasteiger partial charge on any atom is 0.223 e. The van der Waals surface area contributed by atoms with Gasteiger partial charge in [0.25, 0.3) is 0 Å². The molecule has 1 aliphatic heterocycles. The van der Waals surface area contributed by atoms with Crippen molar-refractivity contribution >= 4 is 5.91 Å². The number of nitrogens with one attached hydrogen (secondary N) is 1. The SMILES string of the molecule is CCc1ccc(OCCNC(=O)C2CCN(Cc3ccc(C)cc3)CC2)cc1. The molecule has 0 aromatic heterocycles. The van der Waals surface area contributed by atoms with Crippen molar-refractivity contribution in [2.45, 2.75) is 39.7 Å². The molecule has 0 bridgehead atoms. The molecular formula is C24H32N2O2. The van der Waals surface area contributed by atoms with E-state index in [1.165, 1.54) is 16.7 Å². The Bertz CT molecular complexity index is 732. The van der Waals surface area contributed by atoms with E-state index in [0.717, 1.165) is 44.6 Å². The summed E-state index contributed by atoms with van der Waals surface area (Å²) < 4.78 is 5.71. The molecule has 0 atom stereocenters. The molecule has 0 saturated carbocycles. The second-order valence-electron chi connectivity index (χ2n) is 7.67. The quantitative estimate of drug-likeness (QED) is 0.705. The van der Waals surface area contributed by atoms with E-state index >= 15 is 0 Å². The summed E-state index contributed by atoms with van der Waals surface area (Å²) in [5.74, 6) is 1.15. The van der Waals surface area contributed by atoms with E-state index in [9.17, 15) is 4.79 Å². The molecule has 1 aliphatic rings. The smallest absolute Gasteiger partial charge is 0.223 e. The number of likely N-dealkylation sites (tertiary alicyclic amines) is 1. The van der Waals surface area contributed by atoms with E-state index in [1.807, 2.05) is 12.1 Å². The van der Waals surface area contributed by atoms with Crippen LogP contribution in [0.5, 0.6) is 5.75 Å². The van der Waals surface area contributed by atoms with Crippen LogP contribution in [0.3, 0.4) is 0 Å². The van der Waals surface area contributed by atoms with Crippen molar-refractivity contribution in [1.82, 2.24) is 10.2 Å². The molecule has 1 saturated heterocycles. The Morgan fingerprint density at radius 3 is 2.32 bits per heavy atom. The first-order valence-electron chi connectivity index (χ1n) is 10.4. The topological polar surface area (TPSA) is 41.6 Å². The van der Waals surface area contributed by atoms with E-state index in [2.05, 4.69) is 60.5 Å². The summed E-state index contributed by atoms with van der Waals surface area (Å²) >= 11 is 0. The first-order chi connectivity index (χ1) is 13.6. The van der Waals surface area contributed by atoms with Gasteiger partial charge in [-0.25, -0.2) is 0 Å². The number of amides is 1. The zero-order chi connectivity index (χ0) is 19.8. The fourth-order valence-corrected chi connectivity index (χ4v) is 3.61. The number of aryl methyl sites for hydroxylation is 2. The molecule has 3 rings (SSSR count). The first-order valence-corrected chi connectivity index (χ1v) is 10.4. The molecule has 2 aromatic carbocycles. The molecule has 0 radical (unpaired) electrons. The molecule has 0 aliphatic carbocycles. The highest BCUT2D eigenvalue weighted by atomic mass is 16.5. The highest BCUT2D eigenvalue weighted by Gasteiger charge is 2.24. The van der Waals surface area contributed by atoms with Gasteiger partial charge in [-0.1, -0.05) is 48.9 Å². The van der Waals surface area contributed by atoms with Crippen LogP contribution in [0, 0.1) is 12.8 Å². The zero-order valence-electron chi connectivity index (χ0n) is 17.1. The average Bonchev–Trinajstić information content (AvgIpc) is 2.73. The van der Waals surface area contributed by atoms with Crippen LogP contribution >= 0.6 is 0 Å². The third-order valence-corrected chi connectivity index (χ3v) is 5.49. The average molecular weight is 381 g/mol. The lowest BCUT2D eigenvalue weighted by atomic mass is 9.95. The summed E-state index contributed by atoms with van der Waals surface area (Å²) in [6.07, 6.45) is 2.88. The van der Waals surface area contributed by atoms with Crippen LogP contribution in [0.15, 0.2) is 48.5 Å². The van der Waals surface area contributed by atoms with Crippen molar-refractivity contribution in [2.24, 2.45) is 5.92 Å². The second-order valence-corrected chi connectivity index (χ2v) is 7.67. The van der Waals surface area contributed by atoms with Crippen molar-refractivity contribution in [3.05, 3.63) is 65.2 Å². The summed E-state index contributed by atoms with van der Waals surface area (Å²) in [7, 11) is 0. The number of benzene rings is 2. The largest absolute Gasteiger partial charge is 0.492 e. The van der Waals surface area contributed by atoms with Gasteiger partial charge in [-0.05, 0) is 62.5 Å². The molecule has 150 valence electrons. The first kappa shape index (κ1) is 20.4. The lowest BCUT2D eigenvalue weighted by Gasteiger charge is -2.31. The molecule has 0 unspecified atom stereocenters. The molecule has 1 N–H and O–H groups in total. The number of rotatable bonds is 8. The molecule has 1 fully saturated rings. The van der Waals surface area contributed by atoms with E-state index in [-0.39, 0.29) is 11.8 Å². The monoisotopic (exact) mass is 380 g/mol.